The largest absolute Gasteiger partial charge is 0.356 e. The summed E-state index contributed by atoms with van der Waals surface area (Å²) < 4.78 is 2.42. The van der Waals surface area contributed by atoms with Gasteiger partial charge in [-0.3, -0.25) is 4.79 Å². The highest BCUT2D eigenvalue weighted by Gasteiger charge is 2.12. The van der Waals surface area contributed by atoms with Crippen molar-refractivity contribution in [2.75, 3.05) is 6.54 Å². The molecule has 1 N–H and O–H groups in total. The van der Waals surface area contributed by atoms with E-state index in [1.54, 1.807) is 22.7 Å². The molecule has 24 heavy (non-hydrogen) atoms. The molecule has 3 rings (SSSR count). The smallest absolute Gasteiger partial charge is 0.219 e. The van der Waals surface area contributed by atoms with Crippen LogP contribution >= 0.6 is 22.7 Å². The molecule has 0 aliphatic rings. The molecule has 0 aromatic carbocycles. The van der Waals surface area contributed by atoms with Crippen LogP contribution in [0, 0.1) is 0 Å². The monoisotopic (exact) mass is 358 g/mol. The van der Waals surface area contributed by atoms with Gasteiger partial charge in [-0.05, 0) is 47.9 Å². The van der Waals surface area contributed by atoms with Crippen LogP contribution in [-0.4, -0.2) is 17.0 Å². The first kappa shape index (κ1) is 17.0. The fourth-order valence-corrected chi connectivity index (χ4v) is 4.25. The lowest BCUT2D eigenvalue weighted by Crippen LogP contribution is -2.23. The number of aromatic nitrogens is 1. The average molecular weight is 359 g/mol. The highest BCUT2D eigenvalue weighted by Crippen LogP contribution is 2.33. The summed E-state index contributed by atoms with van der Waals surface area (Å²) in [6.07, 6.45) is 2.61. The maximum absolute atomic E-state index is 11.3. The number of nitrogens with one attached hydrogen (secondary N) is 1. The SMILES string of the molecule is CCC(=O)NCCCCn1c(-c2cccs2)ccc1-c1cccs1. The van der Waals surface area contributed by atoms with Gasteiger partial charge in [0.15, 0.2) is 0 Å². The molecule has 0 bridgehead atoms. The number of unbranched alkanes of at least 4 members (excludes halogenated alkanes) is 1. The van der Waals surface area contributed by atoms with Gasteiger partial charge < -0.3 is 9.88 Å². The Kier molecular flexibility index (Phi) is 5.88. The van der Waals surface area contributed by atoms with Crippen LogP contribution in [0.25, 0.3) is 21.1 Å². The average Bonchev–Trinajstić information content (AvgIpc) is 3.33. The van der Waals surface area contributed by atoms with Gasteiger partial charge in [0.25, 0.3) is 0 Å². The van der Waals surface area contributed by atoms with Crippen molar-refractivity contribution in [3.63, 3.8) is 0 Å². The first-order valence-corrected chi connectivity index (χ1v) is 10.1. The van der Waals surface area contributed by atoms with Crippen molar-refractivity contribution < 1.29 is 4.79 Å². The first-order valence-electron chi connectivity index (χ1n) is 8.33. The van der Waals surface area contributed by atoms with Crippen molar-refractivity contribution in [2.45, 2.75) is 32.7 Å². The number of thiophene rings is 2. The molecule has 1 amide bonds. The Morgan fingerprint density at radius 2 is 1.62 bits per heavy atom. The minimum atomic E-state index is 0.134. The highest BCUT2D eigenvalue weighted by molar-refractivity contribution is 7.14. The van der Waals surface area contributed by atoms with E-state index < -0.39 is 0 Å². The Bertz CT molecular complexity index is 706. The molecule has 126 valence electrons. The van der Waals surface area contributed by atoms with E-state index >= 15 is 0 Å². The maximum Gasteiger partial charge on any atom is 0.219 e. The minimum absolute atomic E-state index is 0.134. The third-order valence-electron chi connectivity index (χ3n) is 3.98. The lowest BCUT2D eigenvalue weighted by atomic mass is 10.2. The van der Waals surface area contributed by atoms with E-state index in [0.29, 0.717) is 6.42 Å². The van der Waals surface area contributed by atoms with Gasteiger partial charge in [0.05, 0.1) is 21.1 Å². The van der Waals surface area contributed by atoms with Crippen LogP contribution in [0.2, 0.25) is 0 Å². The second-order valence-corrected chi connectivity index (χ2v) is 7.52. The summed E-state index contributed by atoms with van der Waals surface area (Å²) in [6, 6.07) is 13.0. The van der Waals surface area contributed by atoms with Crippen LogP contribution in [0.5, 0.6) is 0 Å². The summed E-state index contributed by atoms with van der Waals surface area (Å²) in [5, 5.41) is 7.20. The highest BCUT2D eigenvalue weighted by atomic mass is 32.1. The van der Waals surface area contributed by atoms with Gasteiger partial charge in [0.2, 0.25) is 5.91 Å². The van der Waals surface area contributed by atoms with Crippen LogP contribution in [0.15, 0.2) is 47.2 Å². The van der Waals surface area contributed by atoms with Crippen LogP contribution in [0.4, 0.5) is 0 Å². The van der Waals surface area contributed by atoms with Gasteiger partial charge in [0.1, 0.15) is 0 Å². The lowest BCUT2D eigenvalue weighted by Gasteiger charge is -2.12. The number of rotatable bonds is 8. The van der Waals surface area contributed by atoms with Crippen LogP contribution in [0.3, 0.4) is 0 Å². The van der Waals surface area contributed by atoms with Crippen molar-refractivity contribution >= 4 is 28.6 Å². The van der Waals surface area contributed by atoms with Crippen molar-refractivity contribution in [3.8, 4) is 21.1 Å². The Hall–Kier alpha value is -1.85. The summed E-state index contributed by atoms with van der Waals surface area (Å²) >= 11 is 3.55. The standard InChI is InChI=1S/C19H22N2OS2/c1-2-19(22)20-11-3-4-12-21-15(17-7-5-13-23-17)9-10-16(21)18-8-6-14-24-18/h5-10,13-14H,2-4,11-12H2,1H3,(H,20,22). The molecule has 0 atom stereocenters. The van der Waals surface area contributed by atoms with E-state index in [-0.39, 0.29) is 5.91 Å². The predicted octanol–water partition coefficient (Wildman–Crippen LogP) is 5.25. The summed E-state index contributed by atoms with van der Waals surface area (Å²) in [4.78, 5) is 13.9. The van der Waals surface area contributed by atoms with E-state index in [0.717, 1.165) is 25.9 Å². The lowest BCUT2D eigenvalue weighted by molar-refractivity contribution is -0.120. The molecule has 0 unspecified atom stereocenters. The molecular formula is C19H22N2OS2. The van der Waals surface area contributed by atoms with Gasteiger partial charge in [0, 0.05) is 19.5 Å². The first-order chi connectivity index (χ1) is 11.8. The van der Waals surface area contributed by atoms with Gasteiger partial charge >= 0.3 is 0 Å². The molecule has 3 heterocycles. The fourth-order valence-electron chi connectivity index (χ4n) is 2.74. The molecule has 0 radical (unpaired) electrons. The van der Waals surface area contributed by atoms with Crippen molar-refractivity contribution in [2.24, 2.45) is 0 Å². The van der Waals surface area contributed by atoms with E-state index in [4.69, 9.17) is 0 Å². The third kappa shape index (κ3) is 3.97. The molecule has 3 aromatic rings. The molecule has 0 aliphatic carbocycles. The second kappa shape index (κ2) is 8.31. The van der Waals surface area contributed by atoms with Crippen molar-refractivity contribution in [1.29, 1.82) is 0 Å². The number of carbonyl (C=O) groups is 1. The Morgan fingerprint density at radius 1 is 1.00 bits per heavy atom. The predicted molar refractivity (Wildman–Crippen MR) is 104 cm³/mol. The summed E-state index contributed by atoms with van der Waals surface area (Å²) in [7, 11) is 0. The van der Waals surface area contributed by atoms with E-state index in [1.807, 2.05) is 6.92 Å². The summed E-state index contributed by atoms with van der Waals surface area (Å²) in [5.41, 5.74) is 2.57. The van der Waals surface area contributed by atoms with Gasteiger partial charge in [-0.25, -0.2) is 0 Å². The van der Waals surface area contributed by atoms with Gasteiger partial charge in [-0.1, -0.05) is 19.1 Å². The maximum atomic E-state index is 11.3. The summed E-state index contributed by atoms with van der Waals surface area (Å²) in [6.45, 7) is 3.61. The Morgan fingerprint density at radius 3 is 2.12 bits per heavy atom. The van der Waals surface area contributed by atoms with Crippen molar-refractivity contribution in [1.82, 2.24) is 9.88 Å². The Balaban J connectivity index is 1.72. The zero-order valence-corrected chi connectivity index (χ0v) is 15.5. The summed E-state index contributed by atoms with van der Waals surface area (Å²) in [5.74, 6) is 0.134. The molecular weight excluding hydrogens is 336 g/mol. The van der Waals surface area contributed by atoms with Gasteiger partial charge in [-0.2, -0.15) is 0 Å². The molecule has 3 aromatic heterocycles. The normalized spacial score (nSPS) is 10.9. The van der Waals surface area contributed by atoms with Gasteiger partial charge in [-0.15, -0.1) is 22.7 Å². The van der Waals surface area contributed by atoms with E-state index in [2.05, 4.69) is 57.0 Å². The molecule has 3 nitrogen and oxygen atoms in total. The van der Waals surface area contributed by atoms with Crippen LogP contribution in [0.1, 0.15) is 26.2 Å². The number of amides is 1. The molecule has 5 heteroatoms. The van der Waals surface area contributed by atoms with E-state index in [9.17, 15) is 4.79 Å². The quantitative estimate of drug-likeness (QED) is 0.548. The number of hydrogen-bond donors (Lipinski definition) is 1. The second-order valence-electron chi connectivity index (χ2n) is 5.62. The number of nitrogens with zero attached hydrogens (tertiary/aromatic N) is 1. The number of carbonyl (C=O) groups excluding carboxylic acids is 1. The zero-order chi connectivity index (χ0) is 16.8. The third-order valence-corrected chi connectivity index (χ3v) is 5.76. The molecule has 0 saturated carbocycles. The molecule has 0 saturated heterocycles. The topological polar surface area (TPSA) is 34.0 Å². The fraction of sp³-hybridized carbons (Fsp3) is 0.316. The van der Waals surface area contributed by atoms with E-state index in [1.165, 1.54) is 21.1 Å². The minimum Gasteiger partial charge on any atom is -0.356 e. The van der Waals surface area contributed by atoms with Crippen molar-refractivity contribution in [3.05, 3.63) is 47.2 Å². The molecule has 0 aliphatic heterocycles. The Labute approximate surface area is 151 Å². The van der Waals surface area contributed by atoms with Crippen LogP contribution in [-0.2, 0) is 11.3 Å². The molecule has 0 fully saturated rings. The van der Waals surface area contributed by atoms with Crippen LogP contribution < -0.4 is 5.32 Å². The molecule has 0 spiro atoms. The zero-order valence-electron chi connectivity index (χ0n) is 13.8. The number of hydrogen-bond acceptors (Lipinski definition) is 3.